The number of pyridine rings is 1. The van der Waals surface area contributed by atoms with Gasteiger partial charge in [0.25, 0.3) is 5.91 Å². The van der Waals surface area contributed by atoms with E-state index in [0.29, 0.717) is 30.2 Å². The molecule has 1 aliphatic heterocycles. The lowest BCUT2D eigenvalue weighted by Gasteiger charge is -2.27. The minimum Gasteiger partial charge on any atom is -0.397 e. The molecule has 3 rings (SSSR count). The Kier molecular flexibility index (Phi) is 10.3. The summed E-state index contributed by atoms with van der Waals surface area (Å²) in [5.41, 5.74) is 8.10. The van der Waals surface area contributed by atoms with Crippen LogP contribution < -0.4 is 16.4 Å². The van der Waals surface area contributed by atoms with E-state index in [0.717, 1.165) is 57.7 Å². The lowest BCUT2D eigenvalue weighted by Crippen LogP contribution is -2.43. The van der Waals surface area contributed by atoms with Crippen molar-refractivity contribution in [1.82, 2.24) is 20.1 Å². The average molecular weight is 483 g/mol. The second-order valence-corrected chi connectivity index (χ2v) is 9.13. The Morgan fingerprint density at radius 1 is 1.11 bits per heavy atom. The van der Waals surface area contributed by atoms with E-state index < -0.39 is 0 Å². The number of nitrogens with zero attached hydrogens (tertiary/aromatic N) is 3. The first-order valence-corrected chi connectivity index (χ1v) is 12.4. The zero-order chi connectivity index (χ0) is 25.0. The minimum atomic E-state index is -0.330. The molecule has 1 saturated heterocycles. The van der Waals surface area contributed by atoms with Gasteiger partial charge < -0.3 is 26.0 Å². The molecule has 0 unspecified atom stereocenters. The summed E-state index contributed by atoms with van der Waals surface area (Å²) in [7, 11) is 0. The highest BCUT2D eigenvalue weighted by molar-refractivity contribution is 6.04. The van der Waals surface area contributed by atoms with Gasteiger partial charge in [-0.25, -0.2) is 4.79 Å². The number of morpholine rings is 1. The van der Waals surface area contributed by atoms with Crippen molar-refractivity contribution in [2.75, 3.05) is 50.4 Å². The summed E-state index contributed by atoms with van der Waals surface area (Å²) in [6.45, 7) is 9.71. The molecule has 3 amide bonds. The number of amides is 3. The van der Waals surface area contributed by atoms with E-state index in [-0.39, 0.29) is 18.0 Å². The number of carbonyl (C=O) groups excluding carboxylic acids is 2. The molecule has 0 aliphatic carbocycles. The number of hydrogen-bond acceptors (Lipinski definition) is 6. The number of unbranched alkanes of at least 4 members (excludes halogenated alkanes) is 2. The Bertz CT molecular complexity index is 944. The monoisotopic (exact) mass is 482 g/mol. The van der Waals surface area contributed by atoms with Crippen LogP contribution in [-0.4, -0.2) is 72.2 Å². The van der Waals surface area contributed by atoms with Gasteiger partial charge in [-0.05, 0) is 57.0 Å². The van der Waals surface area contributed by atoms with E-state index in [1.165, 1.54) is 0 Å². The Hall–Kier alpha value is -3.17. The first kappa shape index (κ1) is 26.4. The van der Waals surface area contributed by atoms with Gasteiger partial charge in [-0.3, -0.25) is 14.7 Å². The molecule has 0 spiro atoms. The van der Waals surface area contributed by atoms with Gasteiger partial charge in [0, 0.05) is 38.4 Å². The fourth-order valence-corrected chi connectivity index (χ4v) is 3.90. The van der Waals surface area contributed by atoms with Gasteiger partial charge in [0.05, 0.1) is 24.6 Å². The van der Waals surface area contributed by atoms with E-state index in [1.807, 2.05) is 36.9 Å². The largest absolute Gasteiger partial charge is 0.397 e. The van der Waals surface area contributed by atoms with Gasteiger partial charge in [-0.1, -0.05) is 24.6 Å². The number of nitrogens with one attached hydrogen (secondary N) is 2. The van der Waals surface area contributed by atoms with Crippen molar-refractivity contribution in [2.45, 2.75) is 45.7 Å². The van der Waals surface area contributed by atoms with Crippen LogP contribution in [0.15, 0.2) is 42.6 Å². The SMILES string of the molecule is CC(C)NC(=O)N(CCCCCN1CCOCC1)Cc1ccc(C(=O)Nc2ccccc2N)nc1. The predicted octanol–water partition coefficient (Wildman–Crippen LogP) is 3.34. The van der Waals surface area contributed by atoms with E-state index in [2.05, 4.69) is 20.5 Å². The lowest BCUT2D eigenvalue weighted by atomic mass is 10.2. The summed E-state index contributed by atoms with van der Waals surface area (Å²) >= 11 is 0. The molecule has 35 heavy (non-hydrogen) atoms. The lowest BCUT2D eigenvalue weighted by molar-refractivity contribution is 0.0371. The minimum absolute atomic E-state index is 0.0564. The highest BCUT2D eigenvalue weighted by atomic mass is 16.5. The van der Waals surface area contributed by atoms with Crippen LogP contribution in [0.3, 0.4) is 0 Å². The second-order valence-electron chi connectivity index (χ2n) is 9.13. The smallest absolute Gasteiger partial charge is 0.317 e. The van der Waals surface area contributed by atoms with Gasteiger partial charge >= 0.3 is 6.03 Å². The molecule has 9 nitrogen and oxygen atoms in total. The van der Waals surface area contributed by atoms with Crippen LogP contribution in [0.4, 0.5) is 16.2 Å². The van der Waals surface area contributed by atoms with Crippen LogP contribution >= 0.6 is 0 Å². The van der Waals surface area contributed by atoms with Crippen LogP contribution in [0.5, 0.6) is 0 Å². The van der Waals surface area contributed by atoms with Gasteiger partial charge in [0.15, 0.2) is 0 Å². The number of nitrogens with two attached hydrogens (primary N) is 1. The quantitative estimate of drug-likeness (QED) is 0.334. The molecule has 190 valence electrons. The summed E-state index contributed by atoms with van der Waals surface area (Å²) in [5.74, 6) is -0.330. The van der Waals surface area contributed by atoms with Crippen LogP contribution in [0, 0.1) is 0 Å². The maximum atomic E-state index is 12.8. The molecule has 1 fully saturated rings. The van der Waals surface area contributed by atoms with Gasteiger partial charge in [-0.15, -0.1) is 0 Å². The zero-order valence-corrected chi connectivity index (χ0v) is 20.8. The molecule has 0 radical (unpaired) electrons. The fourth-order valence-electron chi connectivity index (χ4n) is 3.90. The maximum absolute atomic E-state index is 12.8. The Morgan fingerprint density at radius 2 is 1.89 bits per heavy atom. The number of benzene rings is 1. The third-order valence-corrected chi connectivity index (χ3v) is 5.85. The summed E-state index contributed by atoms with van der Waals surface area (Å²) in [5, 5.41) is 5.77. The molecule has 0 saturated carbocycles. The topological polar surface area (TPSA) is 113 Å². The Morgan fingerprint density at radius 3 is 2.57 bits per heavy atom. The molecule has 1 aromatic carbocycles. The van der Waals surface area contributed by atoms with Crippen LogP contribution in [0.2, 0.25) is 0 Å². The summed E-state index contributed by atoms with van der Waals surface area (Å²) in [6, 6.07) is 10.6. The normalized spacial score (nSPS) is 14.0. The van der Waals surface area contributed by atoms with Crippen molar-refractivity contribution in [2.24, 2.45) is 0 Å². The predicted molar refractivity (Wildman–Crippen MR) is 138 cm³/mol. The molecule has 0 atom stereocenters. The number of nitrogen functional groups attached to an aromatic ring is 1. The van der Waals surface area contributed by atoms with Crippen molar-refractivity contribution in [3.05, 3.63) is 53.9 Å². The molecule has 1 aromatic heterocycles. The van der Waals surface area contributed by atoms with Gasteiger partial charge in [0.2, 0.25) is 0 Å². The number of carbonyl (C=O) groups is 2. The van der Waals surface area contributed by atoms with Crippen molar-refractivity contribution >= 4 is 23.3 Å². The highest BCUT2D eigenvalue weighted by Crippen LogP contribution is 2.17. The van der Waals surface area contributed by atoms with Crippen molar-refractivity contribution in [3.8, 4) is 0 Å². The number of anilines is 2. The number of ether oxygens (including phenoxy) is 1. The number of urea groups is 1. The molecule has 0 bridgehead atoms. The number of hydrogen-bond donors (Lipinski definition) is 3. The van der Waals surface area contributed by atoms with Crippen molar-refractivity contribution in [1.29, 1.82) is 0 Å². The first-order chi connectivity index (χ1) is 16.9. The summed E-state index contributed by atoms with van der Waals surface area (Å²) in [6.07, 6.45) is 4.75. The Labute approximate surface area is 208 Å². The van der Waals surface area contributed by atoms with Crippen molar-refractivity contribution < 1.29 is 14.3 Å². The standard InChI is InChI=1S/C26H38N6O3/c1-20(2)29-26(34)32(13-7-3-6-12-31-14-16-35-17-15-31)19-21-10-11-24(28-18-21)25(33)30-23-9-5-4-8-22(23)27/h4-5,8-11,18,20H,3,6-7,12-17,19,27H2,1-2H3,(H,29,34)(H,30,33). The van der Waals surface area contributed by atoms with E-state index in [4.69, 9.17) is 10.5 Å². The third-order valence-electron chi connectivity index (χ3n) is 5.85. The fraction of sp³-hybridized carbons (Fsp3) is 0.500. The second kappa shape index (κ2) is 13.7. The zero-order valence-electron chi connectivity index (χ0n) is 20.8. The van der Waals surface area contributed by atoms with E-state index in [1.54, 1.807) is 24.4 Å². The van der Waals surface area contributed by atoms with E-state index >= 15 is 0 Å². The van der Waals surface area contributed by atoms with Crippen LogP contribution in [0.1, 0.15) is 49.2 Å². The first-order valence-electron chi connectivity index (χ1n) is 12.4. The average Bonchev–Trinajstić information content (AvgIpc) is 2.85. The van der Waals surface area contributed by atoms with Crippen LogP contribution in [0.25, 0.3) is 0 Å². The Balaban J connectivity index is 1.52. The number of para-hydroxylation sites is 2. The number of rotatable bonds is 11. The molecule has 2 aromatic rings. The molecular formula is C26H38N6O3. The van der Waals surface area contributed by atoms with E-state index in [9.17, 15) is 9.59 Å². The van der Waals surface area contributed by atoms with Gasteiger partial charge in [-0.2, -0.15) is 0 Å². The highest BCUT2D eigenvalue weighted by Gasteiger charge is 2.16. The third kappa shape index (κ3) is 8.84. The van der Waals surface area contributed by atoms with Crippen molar-refractivity contribution in [3.63, 3.8) is 0 Å². The molecule has 9 heteroatoms. The molecule has 2 heterocycles. The molecular weight excluding hydrogens is 444 g/mol. The summed E-state index contributed by atoms with van der Waals surface area (Å²) < 4.78 is 5.40. The maximum Gasteiger partial charge on any atom is 0.317 e. The molecule has 4 N–H and O–H groups in total. The summed E-state index contributed by atoms with van der Waals surface area (Å²) in [4.78, 5) is 33.9. The van der Waals surface area contributed by atoms with Crippen LogP contribution in [-0.2, 0) is 11.3 Å². The van der Waals surface area contributed by atoms with Gasteiger partial charge in [0.1, 0.15) is 5.69 Å². The molecule has 1 aliphatic rings. The number of aromatic nitrogens is 1.